The minimum atomic E-state index is -0.420. The molecule has 1 amide bonds. The summed E-state index contributed by atoms with van der Waals surface area (Å²) in [6.45, 7) is 6.93. The Bertz CT molecular complexity index is 1310. The van der Waals surface area contributed by atoms with E-state index in [0.717, 1.165) is 41.0 Å². The second kappa shape index (κ2) is 11.2. The molecular formula is C24H26N4O3S3. The van der Waals surface area contributed by atoms with Gasteiger partial charge in [-0.1, -0.05) is 43.8 Å². The number of carbonyl (C=O) groups is 2. The lowest BCUT2D eigenvalue weighted by molar-refractivity contribution is -0.113. The fourth-order valence-electron chi connectivity index (χ4n) is 3.53. The van der Waals surface area contributed by atoms with Crippen molar-refractivity contribution in [3.63, 3.8) is 0 Å². The molecule has 3 aromatic heterocycles. The van der Waals surface area contributed by atoms with E-state index in [1.807, 2.05) is 19.1 Å². The zero-order chi connectivity index (χ0) is 24.1. The first kappa shape index (κ1) is 24.4. The van der Waals surface area contributed by atoms with E-state index in [2.05, 4.69) is 44.5 Å². The van der Waals surface area contributed by atoms with Gasteiger partial charge in [-0.05, 0) is 31.9 Å². The molecule has 34 heavy (non-hydrogen) atoms. The van der Waals surface area contributed by atoms with E-state index in [4.69, 9.17) is 4.74 Å². The summed E-state index contributed by atoms with van der Waals surface area (Å²) in [6.07, 6.45) is 1.70. The number of ether oxygens (including phenoxy) is 1. The van der Waals surface area contributed by atoms with Crippen LogP contribution < -0.4 is 5.32 Å². The molecule has 7 nitrogen and oxygen atoms in total. The van der Waals surface area contributed by atoms with Gasteiger partial charge in [0.15, 0.2) is 11.0 Å². The molecule has 0 unspecified atom stereocenters. The van der Waals surface area contributed by atoms with Gasteiger partial charge in [0.2, 0.25) is 5.91 Å². The predicted molar refractivity (Wildman–Crippen MR) is 140 cm³/mol. The fourth-order valence-corrected chi connectivity index (χ4v) is 6.24. The molecule has 1 N–H and O–H groups in total. The highest BCUT2D eigenvalue weighted by atomic mass is 32.2. The van der Waals surface area contributed by atoms with E-state index < -0.39 is 5.97 Å². The van der Waals surface area contributed by atoms with E-state index in [-0.39, 0.29) is 18.3 Å². The number of amides is 1. The van der Waals surface area contributed by atoms with E-state index in [9.17, 15) is 9.59 Å². The molecule has 4 rings (SSSR count). The number of thioether (sulfide) groups is 1. The normalized spacial score (nSPS) is 11.1. The maximum atomic E-state index is 12.8. The number of anilines is 1. The quantitative estimate of drug-likeness (QED) is 0.203. The first-order valence-electron chi connectivity index (χ1n) is 11.2. The van der Waals surface area contributed by atoms with Crippen molar-refractivity contribution in [2.45, 2.75) is 45.3 Å². The van der Waals surface area contributed by atoms with Crippen molar-refractivity contribution in [2.75, 3.05) is 17.7 Å². The van der Waals surface area contributed by atoms with Crippen molar-refractivity contribution in [2.24, 2.45) is 0 Å². The lowest BCUT2D eigenvalue weighted by atomic mass is 10.1. The van der Waals surface area contributed by atoms with Gasteiger partial charge in [-0.25, -0.2) is 4.79 Å². The Balaban J connectivity index is 1.51. The number of rotatable bonds is 10. The Morgan fingerprint density at radius 3 is 2.76 bits per heavy atom. The van der Waals surface area contributed by atoms with Crippen LogP contribution in [0.25, 0.3) is 21.5 Å². The number of nitrogens with one attached hydrogen (secondary N) is 1. The monoisotopic (exact) mass is 514 g/mol. The van der Waals surface area contributed by atoms with Crippen LogP contribution in [0.2, 0.25) is 0 Å². The summed E-state index contributed by atoms with van der Waals surface area (Å²) in [5.41, 5.74) is 1.46. The Kier molecular flexibility index (Phi) is 8.02. The molecule has 1 aromatic carbocycles. The van der Waals surface area contributed by atoms with Crippen molar-refractivity contribution in [1.82, 2.24) is 14.8 Å². The highest BCUT2D eigenvalue weighted by Gasteiger charge is 2.21. The Morgan fingerprint density at radius 2 is 2.00 bits per heavy atom. The Labute approximate surface area is 210 Å². The van der Waals surface area contributed by atoms with Crippen molar-refractivity contribution in [3.05, 3.63) is 46.2 Å². The maximum Gasteiger partial charge on any atom is 0.341 e. The molecule has 0 aliphatic carbocycles. The van der Waals surface area contributed by atoms with E-state index in [1.165, 1.54) is 27.8 Å². The van der Waals surface area contributed by atoms with Gasteiger partial charge < -0.3 is 14.6 Å². The molecule has 0 spiro atoms. The van der Waals surface area contributed by atoms with Gasteiger partial charge >= 0.3 is 5.97 Å². The number of benzene rings is 1. The zero-order valence-corrected chi connectivity index (χ0v) is 21.7. The summed E-state index contributed by atoms with van der Waals surface area (Å²) in [5.74, 6) is 0.358. The van der Waals surface area contributed by atoms with Crippen LogP contribution in [-0.4, -0.2) is 39.0 Å². The van der Waals surface area contributed by atoms with Gasteiger partial charge in [-0.15, -0.1) is 32.9 Å². The number of aryl methyl sites for hydroxylation is 1. The van der Waals surface area contributed by atoms with Gasteiger partial charge in [-0.2, -0.15) is 0 Å². The maximum absolute atomic E-state index is 12.8. The first-order valence-corrected chi connectivity index (χ1v) is 13.9. The van der Waals surface area contributed by atoms with Crippen LogP contribution >= 0.6 is 34.4 Å². The Morgan fingerprint density at radius 1 is 1.18 bits per heavy atom. The van der Waals surface area contributed by atoms with Gasteiger partial charge in [0, 0.05) is 32.5 Å². The minimum Gasteiger partial charge on any atom is -0.462 e. The largest absolute Gasteiger partial charge is 0.462 e. The summed E-state index contributed by atoms with van der Waals surface area (Å²) in [7, 11) is 0. The van der Waals surface area contributed by atoms with Crippen molar-refractivity contribution < 1.29 is 14.3 Å². The predicted octanol–water partition coefficient (Wildman–Crippen LogP) is 6.10. The molecule has 3 heterocycles. The van der Waals surface area contributed by atoms with Gasteiger partial charge in [0.1, 0.15) is 5.00 Å². The first-order chi connectivity index (χ1) is 16.5. The number of fused-ring (bicyclic) bond motifs is 1. The molecule has 0 atom stereocenters. The topological polar surface area (TPSA) is 86.1 Å². The van der Waals surface area contributed by atoms with E-state index in [0.29, 0.717) is 15.7 Å². The van der Waals surface area contributed by atoms with Crippen LogP contribution in [0.5, 0.6) is 0 Å². The molecule has 4 aromatic rings. The van der Waals surface area contributed by atoms with Crippen LogP contribution in [-0.2, 0) is 22.5 Å². The average Bonchev–Trinajstić information content (AvgIpc) is 3.55. The smallest absolute Gasteiger partial charge is 0.341 e. The summed E-state index contributed by atoms with van der Waals surface area (Å²) in [4.78, 5) is 26.1. The summed E-state index contributed by atoms with van der Waals surface area (Å²) in [6, 6.07) is 10.0. The van der Waals surface area contributed by atoms with Gasteiger partial charge in [0.25, 0.3) is 0 Å². The molecule has 0 fully saturated rings. The number of hydrogen-bond donors (Lipinski definition) is 1. The van der Waals surface area contributed by atoms with Crippen LogP contribution in [0, 0.1) is 0 Å². The third-order valence-electron chi connectivity index (χ3n) is 5.10. The van der Waals surface area contributed by atoms with Crippen molar-refractivity contribution in [3.8, 4) is 11.4 Å². The molecule has 178 valence electrons. The molecule has 0 saturated carbocycles. The van der Waals surface area contributed by atoms with Crippen LogP contribution in [0.1, 0.15) is 42.4 Å². The lowest BCUT2D eigenvalue weighted by Gasteiger charge is -2.09. The number of esters is 1. The lowest BCUT2D eigenvalue weighted by Crippen LogP contribution is -2.16. The van der Waals surface area contributed by atoms with Crippen molar-refractivity contribution in [1.29, 1.82) is 0 Å². The van der Waals surface area contributed by atoms with Gasteiger partial charge in [0.05, 0.1) is 17.9 Å². The van der Waals surface area contributed by atoms with Crippen molar-refractivity contribution >= 4 is 61.4 Å². The van der Waals surface area contributed by atoms with E-state index >= 15 is 0 Å². The molecular weight excluding hydrogens is 488 g/mol. The Hall–Kier alpha value is -2.69. The number of nitrogens with zero attached hydrogens (tertiary/aromatic N) is 3. The summed E-state index contributed by atoms with van der Waals surface area (Å²) < 4.78 is 8.42. The highest BCUT2D eigenvalue weighted by Crippen LogP contribution is 2.35. The standard InChI is InChI=1S/C24H26N4O3S3/c1-4-11-28-21(18-13-32-19-10-8-7-9-16(18)19)26-27-24(28)33-14-20(29)25-22-17(23(30)31-6-3)12-15(5-2)34-22/h7-10,12-13H,4-6,11,14H2,1-3H3,(H,25,29). The molecule has 0 radical (unpaired) electrons. The number of thiophene rings is 2. The second-order valence-corrected chi connectivity index (χ2v) is 10.5. The third-order valence-corrected chi connectivity index (χ3v) is 8.22. The minimum absolute atomic E-state index is 0.161. The molecule has 0 aliphatic heterocycles. The van der Waals surface area contributed by atoms with Crippen LogP contribution in [0.3, 0.4) is 0 Å². The molecule has 0 bridgehead atoms. The van der Waals surface area contributed by atoms with Crippen LogP contribution in [0.15, 0.2) is 40.9 Å². The number of carbonyl (C=O) groups excluding carboxylic acids is 2. The van der Waals surface area contributed by atoms with Gasteiger partial charge in [-0.3, -0.25) is 4.79 Å². The number of aromatic nitrogens is 3. The summed E-state index contributed by atoms with van der Waals surface area (Å²) >= 11 is 4.43. The number of hydrogen-bond acceptors (Lipinski definition) is 8. The summed E-state index contributed by atoms with van der Waals surface area (Å²) in [5, 5.41) is 16.2. The molecule has 0 aliphatic rings. The highest BCUT2D eigenvalue weighted by molar-refractivity contribution is 7.99. The SMILES string of the molecule is CCCn1c(SCC(=O)Nc2sc(CC)cc2C(=O)OCC)nnc1-c1csc2ccccc12. The third kappa shape index (κ3) is 5.18. The molecule has 10 heteroatoms. The second-order valence-electron chi connectivity index (χ2n) is 7.47. The average molecular weight is 515 g/mol. The fraction of sp³-hybridized carbons (Fsp3) is 0.333. The molecule has 0 saturated heterocycles. The van der Waals surface area contributed by atoms with E-state index in [1.54, 1.807) is 24.3 Å². The van der Waals surface area contributed by atoms with Crippen LogP contribution in [0.4, 0.5) is 5.00 Å². The zero-order valence-electron chi connectivity index (χ0n) is 19.3.